The molecule has 2 amide bonds. The van der Waals surface area contributed by atoms with Crippen LogP contribution in [0.3, 0.4) is 0 Å². The first kappa shape index (κ1) is 29.5. The molecule has 5 rings (SSSR count). The number of nitrogens with one attached hydrogen (secondary N) is 1. The van der Waals surface area contributed by atoms with Gasteiger partial charge in [0.15, 0.2) is 0 Å². The van der Waals surface area contributed by atoms with Crippen molar-refractivity contribution in [3.63, 3.8) is 0 Å². The number of halogens is 2. The van der Waals surface area contributed by atoms with E-state index in [1.807, 2.05) is 0 Å². The molecular formula is C31H30ClFN4O4S. The highest BCUT2D eigenvalue weighted by Gasteiger charge is 2.47. The van der Waals surface area contributed by atoms with Crippen LogP contribution in [0, 0.1) is 18.2 Å². The summed E-state index contributed by atoms with van der Waals surface area (Å²) in [6.07, 6.45) is 11.4. The molecule has 0 radical (unpaired) electrons. The minimum atomic E-state index is -3.97. The number of amides is 2. The molecule has 2 unspecified atom stereocenters. The highest BCUT2D eigenvalue weighted by atomic mass is 35.5. The third-order valence-corrected chi connectivity index (χ3v) is 9.77. The molecule has 2 heterocycles. The van der Waals surface area contributed by atoms with Gasteiger partial charge in [-0.15, -0.1) is 6.42 Å². The normalized spacial score (nSPS) is 19.1. The molecule has 2 atom stereocenters. The highest BCUT2D eigenvalue weighted by Crippen LogP contribution is 2.37. The molecule has 11 heteroatoms. The zero-order chi connectivity index (χ0) is 29.9. The fourth-order valence-electron chi connectivity index (χ4n) is 5.64. The average Bonchev–Trinajstić information content (AvgIpc) is 3.31. The molecule has 1 aromatic heterocycles. The molecule has 0 spiro atoms. The zero-order valence-corrected chi connectivity index (χ0v) is 24.3. The van der Waals surface area contributed by atoms with Crippen LogP contribution in [0.4, 0.5) is 15.9 Å². The lowest BCUT2D eigenvalue weighted by molar-refractivity contribution is -0.127. The van der Waals surface area contributed by atoms with Gasteiger partial charge < -0.3 is 5.32 Å². The number of sulfonamides is 1. The largest absolute Gasteiger partial charge is 0.351 e. The summed E-state index contributed by atoms with van der Waals surface area (Å²) < 4.78 is 42.2. The lowest BCUT2D eigenvalue weighted by Gasteiger charge is -2.36. The van der Waals surface area contributed by atoms with E-state index in [9.17, 15) is 22.4 Å². The van der Waals surface area contributed by atoms with Crippen LogP contribution in [0.25, 0.3) is 0 Å². The first-order chi connectivity index (χ1) is 20.2. The molecule has 1 aliphatic carbocycles. The SMILES string of the molecule is C#Cc1ccnc(N2C(C(=O)N(c3cccc(F)c3)C(C(=O)NC3CCCCC3)c3ccccc3Cl)CCS2(=O)=O)c1. The lowest BCUT2D eigenvalue weighted by Crippen LogP contribution is -2.53. The van der Waals surface area contributed by atoms with Crippen molar-refractivity contribution in [2.75, 3.05) is 15.0 Å². The Hall–Kier alpha value is -3.94. The summed E-state index contributed by atoms with van der Waals surface area (Å²) in [5.74, 6) is 0.266. The van der Waals surface area contributed by atoms with Crippen LogP contribution in [0.15, 0.2) is 66.9 Å². The quantitative estimate of drug-likeness (QED) is 0.381. The number of terminal acetylenes is 1. The molecule has 3 aromatic rings. The number of aromatic nitrogens is 1. The van der Waals surface area contributed by atoms with Gasteiger partial charge in [0, 0.05) is 34.1 Å². The summed E-state index contributed by atoms with van der Waals surface area (Å²) in [6.45, 7) is 0. The number of carbonyl (C=O) groups is 2. The molecule has 1 N–H and O–H groups in total. The van der Waals surface area contributed by atoms with Crippen molar-refractivity contribution in [3.05, 3.63) is 88.8 Å². The molecule has 1 aliphatic heterocycles. The van der Waals surface area contributed by atoms with E-state index in [4.69, 9.17) is 18.0 Å². The van der Waals surface area contributed by atoms with Crippen LogP contribution in [0.2, 0.25) is 5.02 Å². The second-order valence-electron chi connectivity index (χ2n) is 10.4. The van der Waals surface area contributed by atoms with E-state index in [1.54, 1.807) is 30.3 Å². The Morgan fingerprint density at radius 1 is 1.07 bits per heavy atom. The molecule has 8 nitrogen and oxygen atoms in total. The van der Waals surface area contributed by atoms with Gasteiger partial charge in [0.25, 0.3) is 5.91 Å². The van der Waals surface area contributed by atoms with Crippen molar-refractivity contribution >= 4 is 44.9 Å². The van der Waals surface area contributed by atoms with Gasteiger partial charge >= 0.3 is 0 Å². The van der Waals surface area contributed by atoms with Crippen molar-refractivity contribution in [1.29, 1.82) is 0 Å². The third-order valence-electron chi connectivity index (χ3n) is 7.64. The monoisotopic (exact) mass is 608 g/mol. The summed E-state index contributed by atoms with van der Waals surface area (Å²) in [4.78, 5) is 34.1. The molecular weight excluding hydrogens is 579 g/mol. The fourth-order valence-corrected chi connectivity index (χ4v) is 7.56. The van der Waals surface area contributed by atoms with E-state index in [-0.39, 0.29) is 34.7 Å². The van der Waals surface area contributed by atoms with Crippen LogP contribution >= 0.6 is 11.6 Å². The maximum Gasteiger partial charge on any atom is 0.252 e. The summed E-state index contributed by atoms with van der Waals surface area (Å²) >= 11 is 6.61. The van der Waals surface area contributed by atoms with E-state index >= 15 is 0 Å². The molecule has 1 saturated heterocycles. The van der Waals surface area contributed by atoms with E-state index < -0.39 is 39.7 Å². The minimum Gasteiger partial charge on any atom is -0.351 e. The lowest BCUT2D eigenvalue weighted by atomic mass is 9.94. The Balaban J connectivity index is 1.64. The summed E-state index contributed by atoms with van der Waals surface area (Å²) in [6, 6.07) is 12.2. The number of carbonyl (C=O) groups excluding carboxylic acids is 2. The Morgan fingerprint density at radius 3 is 2.55 bits per heavy atom. The van der Waals surface area contributed by atoms with E-state index in [2.05, 4.69) is 16.2 Å². The molecule has 2 aromatic carbocycles. The smallest absolute Gasteiger partial charge is 0.252 e. The van der Waals surface area contributed by atoms with Crippen LogP contribution in [0.1, 0.15) is 55.7 Å². The Morgan fingerprint density at radius 2 is 1.83 bits per heavy atom. The van der Waals surface area contributed by atoms with Crippen LogP contribution in [-0.2, 0) is 19.6 Å². The Labute approximate surface area is 249 Å². The van der Waals surface area contributed by atoms with Gasteiger partial charge in [0.2, 0.25) is 15.9 Å². The fraction of sp³-hybridized carbons (Fsp3) is 0.323. The first-order valence-corrected chi connectivity index (χ1v) is 15.8. The van der Waals surface area contributed by atoms with E-state index in [0.29, 0.717) is 11.1 Å². The highest BCUT2D eigenvalue weighted by molar-refractivity contribution is 7.93. The molecule has 42 heavy (non-hydrogen) atoms. The predicted octanol–water partition coefficient (Wildman–Crippen LogP) is 4.99. The van der Waals surface area contributed by atoms with Crippen molar-refractivity contribution in [2.24, 2.45) is 0 Å². The number of hydrogen-bond donors (Lipinski definition) is 1. The van der Waals surface area contributed by atoms with Gasteiger partial charge in [-0.1, -0.05) is 61.0 Å². The molecule has 218 valence electrons. The van der Waals surface area contributed by atoms with Gasteiger partial charge in [-0.3, -0.25) is 14.5 Å². The van der Waals surface area contributed by atoms with E-state index in [0.717, 1.165) is 47.4 Å². The van der Waals surface area contributed by atoms with Crippen LogP contribution < -0.4 is 14.5 Å². The molecule has 0 bridgehead atoms. The van der Waals surface area contributed by atoms with Crippen LogP contribution in [0.5, 0.6) is 0 Å². The van der Waals surface area contributed by atoms with Crippen LogP contribution in [-0.4, -0.2) is 43.1 Å². The number of rotatable bonds is 7. The number of benzene rings is 2. The van der Waals surface area contributed by atoms with Crippen molar-refractivity contribution in [1.82, 2.24) is 10.3 Å². The molecule has 2 aliphatic rings. The number of anilines is 2. The number of hydrogen-bond acceptors (Lipinski definition) is 5. The number of nitrogens with zero attached hydrogens (tertiary/aromatic N) is 3. The van der Waals surface area contributed by atoms with Gasteiger partial charge in [-0.25, -0.2) is 22.1 Å². The maximum atomic E-state index is 14.6. The van der Waals surface area contributed by atoms with Gasteiger partial charge in [0.05, 0.1) is 5.75 Å². The summed E-state index contributed by atoms with van der Waals surface area (Å²) in [7, 11) is -3.97. The van der Waals surface area contributed by atoms with Crippen molar-refractivity contribution in [3.8, 4) is 12.3 Å². The molecule has 2 fully saturated rings. The summed E-state index contributed by atoms with van der Waals surface area (Å²) in [5.41, 5.74) is 0.791. The van der Waals surface area contributed by atoms with Gasteiger partial charge in [-0.05, 0) is 55.7 Å². The average molecular weight is 609 g/mol. The zero-order valence-electron chi connectivity index (χ0n) is 22.7. The standard InChI is InChI=1S/C31H30ClFN4O4S/c1-2-21-15-17-34-28(19-21)37-27(16-18-42(37,40)41)31(39)36(24-12-8-9-22(33)20-24)29(25-13-6-7-14-26(25)32)30(38)35-23-10-4-3-5-11-23/h1,6-9,12-15,17,19-20,23,27,29H,3-5,10-11,16,18H2,(H,35,38). The number of pyridine rings is 1. The van der Waals surface area contributed by atoms with Crippen molar-refractivity contribution in [2.45, 2.75) is 56.7 Å². The van der Waals surface area contributed by atoms with Gasteiger partial charge in [-0.2, -0.15) is 0 Å². The predicted molar refractivity (Wildman–Crippen MR) is 160 cm³/mol. The first-order valence-electron chi connectivity index (χ1n) is 13.8. The second kappa shape index (κ2) is 12.5. The van der Waals surface area contributed by atoms with Gasteiger partial charge in [0.1, 0.15) is 23.7 Å². The topological polar surface area (TPSA) is 99.7 Å². The maximum absolute atomic E-state index is 14.6. The van der Waals surface area contributed by atoms with Crippen molar-refractivity contribution < 1.29 is 22.4 Å². The summed E-state index contributed by atoms with van der Waals surface area (Å²) in [5, 5.41) is 3.31. The third kappa shape index (κ3) is 6.13. The Kier molecular flexibility index (Phi) is 8.80. The van der Waals surface area contributed by atoms with E-state index in [1.165, 1.54) is 30.5 Å². The second-order valence-corrected chi connectivity index (χ2v) is 12.8. The molecule has 1 saturated carbocycles. The Bertz CT molecular complexity index is 1640. The minimum absolute atomic E-state index is 0.0126.